The van der Waals surface area contributed by atoms with Gasteiger partial charge in [0.1, 0.15) is 0 Å². The van der Waals surface area contributed by atoms with Crippen LogP contribution in [0.3, 0.4) is 0 Å². The fourth-order valence-corrected chi connectivity index (χ4v) is 2.17. The summed E-state index contributed by atoms with van der Waals surface area (Å²) < 4.78 is 25.6. The molecule has 5 nitrogen and oxygen atoms in total. The molecule has 1 aliphatic rings. The summed E-state index contributed by atoms with van der Waals surface area (Å²) >= 11 is 0. The third kappa shape index (κ3) is 3.23. The maximum atomic E-state index is 12.8. The third-order valence-corrected chi connectivity index (χ3v) is 3.31. The van der Waals surface area contributed by atoms with Gasteiger partial charge in [0.25, 0.3) is 0 Å². The van der Waals surface area contributed by atoms with Crippen LogP contribution in [0.2, 0.25) is 0 Å². The van der Waals surface area contributed by atoms with Gasteiger partial charge in [-0.3, -0.25) is 0 Å². The van der Waals surface area contributed by atoms with Crippen molar-refractivity contribution in [3.8, 4) is 0 Å². The summed E-state index contributed by atoms with van der Waals surface area (Å²) in [6.45, 7) is -0.475. The summed E-state index contributed by atoms with van der Waals surface area (Å²) in [7, 11) is 0. The van der Waals surface area contributed by atoms with E-state index in [-0.39, 0.29) is 13.1 Å². The van der Waals surface area contributed by atoms with Crippen molar-refractivity contribution in [1.29, 1.82) is 0 Å². The second-order valence-corrected chi connectivity index (χ2v) is 4.76. The first-order valence-electron chi connectivity index (χ1n) is 6.24. The number of alkyl halides is 2. The lowest BCUT2D eigenvalue weighted by molar-refractivity contribution is -0.106. The SMILES string of the molecule is O=C(Nc1ccccc1)N1CC(O)C(O)C(C(F)F)C1. The minimum absolute atomic E-state index is 0.178. The van der Waals surface area contributed by atoms with E-state index < -0.39 is 30.6 Å². The number of aliphatic hydroxyl groups excluding tert-OH is 2. The topological polar surface area (TPSA) is 72.8 Å². The van der Waals surface area contributed by atoms with Crippen molar-refractivity contribution in [3.05, 3.63) is 30.3 Å². The zero-order chi connectivity index (χ0) is 14.7. The summed E-state index contributed by atoms with van der Waals surface area (Å²) in [6, 6.07) is 7.99. The van der Waals surface area contributed by atoms with E-state index >= 15 is 0 Å². The number of hydrogen-bond donors (Lipinski definition) is 3. The van der Waals surface area contributed by atoms with Crippen LogP contribution in [0.5, 0.6) is 0 Å². The highest BCUT2D eigenvalue weighted by Crippen LogP contribution is 2.24. The molecule has 20 heavy (non-hydrogen) atoms. The van der Waals surface area contributed by atoms with Crippen LogP contribution >= 0.6 is 0 Å². The van der Waals surface area contributed by atoms with E-state index in [1.54, 1.807) is 30.3 Å². The van der Waals surface area contributed by atoms with Gasteiger partial charge in [0, 0.05) is 12.2 Å². The number of anilines is 1. The van der Waals surface area contributed by atoms with Gasteiger partial charge in [-0.2, -0.15) is 0 Å². The number of β-amino-alcohol motifs (C(OH)–C–C–N with tert-alkyl or cyclic N) is 1. The monoisotopic (exact) mass is 286 g/mol. The molecule has 1 aromatic carbocycles. The molecule has 1 aromatic rings. The fraction of sp³-hybridized carbons (Fsp3) is 0.462. The van der Waals surface area contributed by atoms with Gasteiger partial charge in [-0.15, -0.1) is 0 Å². The molecule has 0 radical (unpaired) electrons. The Morgan fingerprint density at radius 2 is 1.90 bits per heavy atom. The number of halogens is 2. The predicted octanol–water partition coefficient (Wildman–Crippen LogP) is 1.14. The molecule has 3 N–H and O–H groups in total. The average Bonchev–Trinajstić information content (AvgIpc) is 2.42. The van der Waals surface area contributed by atoms with Crippen LogP contribution in [0.4, 0.5) is 19.3 Å². The molecular weight excluding hydrogens is 270 g/mol. The summed E-state index contributed by atoms with van der Waals surface area (Å²) in [5.41, 5.74) is 0.534. The Bertz CT molecular complexity index is 458. The largest absolute Gasteiger partial charge is 0.390 e. The Morgan fingerprint density at radius 1 is 1.25 bits per heavy atom. The highest BCUT2D eigenvalue weighted by Gasteiger charge is 2.41. The number of rotatable bonds is 2. The molecule has 3 unspecified atom stereocenters. The summed E-state index contributed by atoms with van der Waals surface area (Å²) in [4.78, 5) is 13.0. The van der Waals surface area contributed by atoms with Gasteiger partial charge in [-0.1, -0.05) is 18.2 Å². The van der Waals surface area contributed by atoms with E-state index in [1.807, 2.05) is 0 Å². The van der Waals surface area contributed by atoms with Crippen molar-refractivity contribution in [2.24, 2.45) is 5.92 Å². The van der Waals surface area contributed by atoms with E-state index in [9.17, 15) is 23.8 Å². The van der Waals surface area contributed by atoms with Crippen molar-refractivity contribution in [3.63, 3.8) is 0 Å². The summed E-state index contributed by atoms with van der Waals surface area (Å²) in [5.74, 6) is -1.44. The lowest BCUT2D eigenvalue weighted by Crippen LogP contribution is -2.56. The number of nitrogens with one attached hydrogen (secondary N) is 1. The number of para-hydroxylation sites is 1. The molecule has 110 valence electrons. The van der Waals surface area contributed by atoms with Crippen LogP contribution in [0.1, 0.15) is 0 Å². The van der Waals surface area contributed by atoms with Crippen LogP contribution in [-0.2, 0) is 0 Å². The number of amides is 2. The molecule has 2 rings (SSSR count). The molecule has 0 bridgehead atoms. The van der Waals surface area contributed by atoms with Crippen LogP contribution in [0, 0.1) is 5.92 Å². The Hall–Kier alpha value is -1.73. The number of carbonyl (C=O) groups excluding carboxylic acids is 1. The zero-order valence-corrected chi connectivity index (χ0v) is 10.6. The molecule has 1 heterocycles. The van der Waals surface area contributed by atoms with Crippen molar-refractivity contribution in [1.82, 2.24) is 4.90 Å². The fourth-order valence-electron chi connectivity index (χ4n) is 2.17. The maximum Gasteiger partial charge on any atom is 0.321 e. The van der Waals surface area contributed by atoms with Crippen molar-refractivity contribution in [2.45, 2.75) is 18.6 Å². The molecule has 0 aliphatic carbocycles. The molecule has 0 spiro atoms. The molecular formula is C13H16F2N2O3. The van der Waals surface area contributed by atoms with Gasteiger partial charge < -0.3 is 20.4 Å². The molecule has 1 saturated heterocycles. The first-order valence-corrected chi connectivity index (χ1v) is 6.24. The zero-order valence-electron chi connectivity index (χ0n) is 10.6. The minimum atomic E-state index is -2.80. The standard InChI is InChI=1S/C13H16F2N2O3/c14-12(15)9-6-17(7-10(18)11(9)19)13(20)16-8-4-2-1-3-5-8/h1-5,9-12,18-19H,6-7H2,(H,16,20). The van der Waals surface area contributed by atoms with Crippen molar-refractivity contribution in [2.75, 3.05) is 18.4 Å². The lowest BCUT2D eigenvalue weighted by atomic mass is 9.93. The Labute approximate surface area is 114 Å². The van der Waals surface area contributed by atoms with Gasteiger partial charge in [0.15, 0.2) is 0 Å². The van der Waals surface area contributed by atoms with Crippen LogP contribution in [0.15, 0.2) is 30.3 Å². The molecule has 3 atom stereocenters. The molecule has 1 fully saturated rings. The molecule has 0 aromatic heterocycles. The van der Waals surface area contributed by atoms with Crippen LogP contribution in [0.25, 0.3) is 0 Å². The van der Waals surface area contributed by atoms with Crippen molar-refractivity contribution < 1.29 is 23.8 Å². The van der Waals surface area contributed by atoms with Crippen molar-refractivity contribution >= 4 is 11.7 Å². The number of nitrogens with zero attached hydrogens (tertiary/aromatic N) is 1. The highest BCUT2D eigenvalue weighted by atomic mass is 19.3. The predicted molar refractivity (Wildman–Crippen MR) is 68.5 cm³/mol. The number of urea groups is 1. The number of piperidine rings is 1. The second kappa shape index (κ2) is 6.15. The minimum Gasteiger partial charge on any atom is -0.390 e. The molecule has 0 saturated carbocycles. The van der Waals surface area contributed by atoms with Crippen LogP contribution < -0.4 is 5.32 Å². The summed E-state index contributed by atoms with van der Waals surface area (Å²) in [6.07, 6.45) is -5.69. The van der Waals surface area contributed by atoms with E-state index in [0.717, 1.165) is 4.90 Å². The number of aliphatic hydroxyl groups is 2. The van der Waals surface area contributed by atoms with Gasteiger partial charge >= 0.3 is 6.03 Å². The maximum absolute atomic E-state index is 12.8. The number of hydrogen-bond acceptors (Lipinski definition) is 3. The number of benzene rings is 1. The quantitative estimate of drug-likeness (QED) is 0.763. The average molecular weight is 286 g/mol. The third-order valence-electron chi connectivity index (χ3n) is 3.31. The Kier molecular flexibility index (Phi) is 4.51. The molecule has 7 heteroatoms. The van der Waals surface area contributed by atoms with Gasteiger partial charge in [-0.05, 0) is 12.1 Å². The number of likely N-dealkylation sites (tertiary alicyclic amines) is 1. The summed E-state index contributed by atoms with van der Waals surface area (Å²) in [5, 5.41) is 21.6. The lowest BCUT2D eigenvalue weighted by Gasteiger charge is -2.38. The second-order valence-electron chi connectivity index (χ2n) is 4.76. The first-order chi connectivity index (χ1) is 9.49. The first kappa shape index (κ1) is 14.7. The van der Waals surface area contributed by atoms with E-state index in [0.29, 0.717) is 5.69 Å². The van der Waals surface area contributed by atoms with E-state index in [2.05, 4.69) is 5.32 Å². The Morgan fingerprint density at radius 3 is 2.50 bits per heavy atom. The normalized spacial score (nSPS) is 26.6. The van der Waals surface area contributed by atoms with Gasteiger partial charge in [0.2, 0.25) is 6.43 Å². The van der Waals surface area contributed by atoms with Gasteiger partial charge in [-0.25, -0.2) is 13.6 Å². The van der Waals surface area contributed by atoms with Gasteiger partial charge in [0.05, 0.1) is 24.7 Å². The molecule has 1 aliphatic heterocycles. The van der Waals surface area contributed by atoms with E-state index in [4.69, 9.17) is 0 Å². The van der Waals surface area contributed by atoms with E-state index in [1.165, 1.54) is 0 Å². The van der Waals surface area contributed by atoms with Crippen LogP contribution in [-0.4, -0.2) is 52.9 Å². The highest BCUT2D eigenvalue weighted by molar-refractivity contribution is 5.89. The number of carbonyl (C=O) groups is 1. The smallest absolute Gasteiger partial charge is 0.321 e. The Balaban J connectivity index is 2.03. The molecule has 2 amide bonds.